The predicted octanol–water partition coefficient (Wildman–Crippen LogP) is 6.32. The molecule has 21 heavy (non-hydrogen) atoms. The SMILES string of the molecule is Cc1cc(Cl)ccc1C(Cl)Cc1ccc2ccccc2c1. The first-order valence-electron chi connectivity index (χ1n) is 7.01. The highest BCUT2D eigenvalue weighted by molar-refractivity contribution is 6.30. The second-order valence-electron chi connectivity index (χ2n) is 5.35. The van der Waals surface area contributed by atoms with Crippen molar-refractivity contribution >= 4 is 34.0 Å². The van der Waals surface area contributed by atoms with Crippen LogP contribution >= 0.6 is 23.2 Å². The van der Waals surface area contributed by atoms with E-state index in [0.29, 0.717) is 0 Å². The highest BCUT2D eigenvalue weighted by Crippen LogP contribution is 2.30. The first kappa shape index (κ1) is 14.4. The van der Waals surface area contributed by atoms with Gasteiger partial charge in [-0.3, -0.25) is 0 Å². The van der Waals surface area contributed by atoms with Crippen molar-refractivity contribution in [2.75, 3.05) is 0 Å². The number of hydrogen-bond donors (Lipinski definition) is 0. The lowest BCUT2D eigenvalue weighted by molar-refractivity contribution is 0.911. The third kappa shape index (κ3) is 3.23. The molecular weight excluding hydrogens is 299 g/mol. The Labute approximate surface area is 135 Å². The molecule has 0 amide bonds. The second-order valence-corrected chi connectivity index (χ2v) is 6.32. The molecule has 2 heteroatoms. The molecule has 0 N–H and O–H groups in total. The van der Waals surface area contributed by atoms with Gasteiger partial charge in [0.15, 0.2) is 0 Å². The summed E-state index contributed by atoms with van der Waals surface area (Å²) in [6.45, 7) is 2.05. The predicted molar refractivity (Wildman–Crippen MR) is 92.4 cm³/mol. The van der Waals surface area contributed by atoms with Crippen LogP contribution in [0.1, 0.15) is 22.1 Å². The molecule has 0 aliphatic heterocycles. The van der Waals surface area contributed by atoms with Gasteiger partial charge in [-0.1, -0.05) is 60.1 Å². The van der Waals surface area contributed by atoms with E-state index in [1.807, 2.05) is 18.2 Å². The Morgan fingerprint density at radius 1 is 0.905 bits per heavy atom. The summed E-state index contributed by atoms with van der Waals surface area (Å²) in [5.41, 5.74) is 3.54. The van der Waals surface area contributed by atoms with E-state index >= 15 is 0 Å². The molecule has 0 saturated carbocycles. The van der Waals surface area contributed by atoms with Gasteiger partial charge in [-0.2, -0.15) is 0 Å². The van der Waals surface area contributed by atoms with E-state index in [9.17, 15) is 0 Å². The first-order chi connectivity index (χ1) is 10.1. The van der Waals surface area contributed by atoms with Crippen LogP contribution in [0.2, 0.25) is 5.02 Å². The summed E-state index contributed by atoms with van der Waals surface area (Å²) < 4.78 is 0. The molecule has 3 aromatic carbocycles. The van der Waals surface area contributed by atoms with E-state index in [4.69, 9.17) is 23.2 Å². The van der Waals surface area contributed by atoms with Crippen molar-refractivity contribution in [3.63, 3.8) is 0 Å². The molecule has 1 atom stereocenters. The summed E-state index contributed by atoms with van der Waals surface area (Å²) in [6, 6.07) is 20.8. The van der Waals surface area contributed by atoms with Gasteiger partial charge in [0.05, 0.1) is 5.38 Å². The van der Waals surface area contributed by atoms with E-state index in [1.54, 1.807) is 0 Å². The van der Waals surface area contributed by atoms with Crippen molar-refractivity contribution in [1.82, 2.24) is 0 Å². The van der Waals surface area contributed by atoms with Gasteiger partial charge in [-0.25, -0.2) is 0 Å². The van der Waals surface area contributed by atoms with E-state index in [-0.39, 0.29) is 5.38 Å². The third-order valence-electron chi connectivity index (χ3n) is 3.80. The maximum absolute atomic E-state index is 6.61. The van der Waals surface area contributed by atoms with Crippen LogP contribution < -0.4 is 0 Å². The number of aryl methyl sites for hydroxylation is 1. The van der Waals surface area contributed by atoms with Crippen LogP contribution in [0.5, 0.6) is 0 Å². The highest BCUT2D eigenvalue weighted by atomic mass is 35.5. The molecule has 0 aliphatic rings. The van der Waals surface area contributed by atoms with Crippen LogP contribution in [0.15, 0.2) is 60.7 Å². The van der Waals surface area contributed by atoms with E-state index < -0.39 is 0 Å². The lowest BCUT2D eigenvalue weighted by Gasteiger charge is -2.13. The third-order valence-corrected chi connectivity index (χ3v) is 4.42. The van der Waals surface area contributed by atoms with Crippen molar-refractivity contribution in [1.29, 1.82) is 0 Å². The zero-order valence-corrected chi connectivity index (χ0v) is 13.3. The van der Waals surface area contributed by atoms with Crippen LogP contribution in [0, 0.1) is 6.92 Å². The fourth-order valence-corrected chi connectivity index (χ4v) is 3.32. The molecule has 106 valence electrons. The van der Waals surface area contributed by atoms with Gasteiger partial charge in [-0.05, 0) is 52.9 Å². The number of rotatable bonds is 3. The van der Waals surface area contributed by atoms with Gasteiger partial charge in [-0.15, -0.1) is 11.6 Å². The Morgan fingerprint density at radius 2 is 1.67 bits per heavy atom. The maximum Gasteiger partial charge on any atom is 0.0628 e. The van der Waals surface area contributed by atoms with E-state index in [2.05, 4.69) is 49.4 Å². The molecule has 3 aromatic rings. The summed E-state index contributed by atoms with van der Waals surface area (Å²) in [5.74, 6) is 0. The Balaban J connectivity index is 1.87. The van der Waals surface area contributed by atoms with Crippen molar-refractivity contribution in [3.8, 4) is 0 Å². The highest BCUT2D eigenvalue weighted by Gasteiger charge is 2.12. The lowest BCUT2D eigenvalue weighted by Crippen LogP contribution is -1.98. The second kappa shape index (κ2) is 6.09. The van der Waals surface area contributed by atoms with Crippen LogP contribution in [0.4, 0.5) is 0 Å². The van der Waals surface area contributed by atoms with Crippen molar-refractivity contribution in [3.05, 3.63) is 82.4 Å². The minimum atomic E-state index is -0.0385. The zero-order valence-electron chi connectivity index (χ0n) is 11.8. The van der Waals surface area contributed by atoms with Crippen LogP contribution in [0.25, 0.3) is 10.8 Å². The standard InChI is InChI=1S/C19H16Cl2/c1-13-10-17(20)8-9-18(13)19(21)12-14-6-7-15-4-2-3-5-16(15)11-14/h2-11,19H,12H2,1H3. The Bertz CT molecular complexity index is 777. The fourth-order valence-electron chi connectivity index (χ4n) is 2.67. The van der Waals surface area contributed by atoms with Crippen LogP contribution in [-0.4, -0.2) is 0 Å². The average molecular weight is 315 g/mol. The Kier molecular flexibility index (Phi) is 4.19. The minimum absolute atomic E-state index is 0.0385. The summed E-state index contributed by atoms with van der Waals surface area (Å²) in [7, 11) is 0. The topological polar surface area (TPSA) is 0 Å². The molecule has 0 spiro atoms. The molecule has 1 unspecified atom stereocenters. The molecule has 0 aliphatic carbocycles. The summed E-state index contributed by atoms with van der Waals surface area (Å²) >= 11 is 12.6. The van der Waals surface area contributed by atoms with Crippen molar-refractivity contribution in [2.45, 2.75) is 18.7 Å². The number of halogens is 2. The Morgan fingerprint density at radius 3 is 2.43 bits per heavy atom. The first-order valence-corrected chi connectivity index (χ1v) is 7.83. The van der Waals surface area contributed by atoms with Crippen LogP contribution in [-0.2, 0) is 6.42 Å². The van der Waals surface area contributed by atoms with Crippen LogP contribution in [0.3, 0.4) is 0 Å². The molecular formula is C19H16Cl2. The van der Waals surface area contributed by atoms with Gasteiger partial charge in [0, 0.05) is 5.02 Å². The number of fused-ring (bicyclic) bond motifs is 1. The van der Waals surface area contributed by atoms with E-state index in [0.717, 1.165) is 22.6 Å². The molecule has 0 fully saturated rings. The zero-order chi connectivity index (χ0) is 14.8. The lowest BCUT2D eigenvalue weighted by atomic mass is 9.98. The monoisotopic (exact) mass is 314 g/mol. The summed E-state index contributed by atoms with van der Waals surface area (Å²) in [5, 5.41) is 3.23. The van der Waals surface area contributed by atoms with Crippen molar-refractivity contribution in [2.24, 2.45) is 0 Å². The summed E-state index contributed by atoms with van der Waals surface area (Å²) in [6.07, 6.45) is 0.814. The number of benzene rings is 3. The summed E-state index contributed by atoms with van der Waals surface area (Å²) in [4.78, 5) is 0. The molecule has 0 bridgehead atoms. The number of alkyl halides is 1. The quantitative estimate of drug-likeness (QED) is 0.496. The fraction of sp³-hybridized carbons (Fsp3) is 0.158. The van der Waals surface area contributed by atoms with E-state index in [1.165, 1.54) is 16.3 Å². The van der Waals surface area contributed by atoms with Gasteiger partial charge >= 0.3 is 0 Å². The van der Waals surface area contributed by atoms with Gasteiger partial charge < -0.3 is 0 Å². The van der Waals surface area contributed by atoms with Gasteiger partial charge in [0.2, 0.25) is 0 Å². The molecule has 3 rings (SSSR count). The normalized spacial score (nSPS) is 12.5. The molecule has 0 radical (unpaired) electrons. The molecule has 0 saturated heterocycles. The average Bonchev–Trinajstić information content (AvgIpc) is 2.47. The Hall–Kier alpha value is -1.50. The molecule has 0 nitrogen and oxygen atoms in total. The maximum atomic E-state index is 6.61. The smallest absolute Gasteiger partial charge is 0.0628 e. The minimum Gasteiger partial charge on any atom is -0.117 e. The molecule has 0 aromatic heterocycles. The molecule has 0 heterocycles. The number of hydrogen-bond acceptors (Lipinski definition) is 0. The van der Waals surface area contributed by atoms with Gasteiger partial charge in [0.25, 0.3) is 0 Å². The van der Waals surface area contributed by atoms with Gasteiger partial charge in [0.1, 0.15) is 0 Å². The largest absolute Gasteiger partial charge is 0.117 e. The van der Waals surface area contributed by atoms with Crippen molar-refractivity contribution < 1.29 is 0 Å².